The summed E-state index contributed by atoms with van der Waals surface area (Å²) in [4.78, 5) is 28.6. The van der Waals surface area contributed by atoms with E-state index in [4.69, 9.17) is 25.8 Å². The average Bonchev–Trinajstić information content (AvgIpc) is 2.77. The summed E-state index contributed by atoms with van der Waals surface area (Å²) in [6, 6.07) is 12.5. The summed E-state index contributed by atoms with van der Waals surface area (Å²) >= 11 is 6.05. The van der Waals surface area contributed by atoms with Crippen LogP contribution in [0.4, 0.5) is 5.69 Å². The Balaban J connectivity index is 1.27. The molecule has 7 nitrogen and oxygen atoms in total. The number of piperazine rings is 1. The van der Waals surface area contributed by atoms with Crippen LogP contribution >= 0.6 is 11.6 Å². The minimum atomic E-state index is -0.562. The van der Waals surface area contributed by atoms with Gasteiger partial charge in [-0.1, -0.05) is 17.7 Å². The molecule has 0 atom stereocenters. The Morgan fingerprint density at radius 1 is 0.966 bits per heavy atom. The number of esters is 1. The smallest absolute Gasteiger partial charge is 0.338 e. The lowest BCUT2D eigenvalue weighted by Gasteiger charge is -2.36. The Kier molecular flexibility index (Phi) is 5.76. The van der Waals surface area contributed by atoms with E-state index in [1.807, 2.05) is 24.3 Å². The molecule has 0 unspecified atom stereocenters. The van der Waals surface area contributed by atoms with Gasteiger partial charge in [0.05, 0.1) is 5.56 Å². The van der Waals surface area contributed by atoms with Crippen LogP contribution in [0.5, 0.6) is 11.5 Å². The van der Waals surface area contributed by atoms with Gasteiger partial charge in [-0.25, -0.2) is 4.79 Å². The maximum absolute atomic E-state index is 12.4. The molecule has 0 spiro atoms. The quantitative estimate of drug-likeness (QED) is 0.714. The molecule has 2 heterocycles. The van der Waals surface area contributed by atoms with Crippen LogP contribution in [0.1, 0.15) is 10.4 Å². The van der Waals surface area contributed by atoms with Crippen LogP contribution in [-0.2, 0) is 9.53 Å². The summed E-state index contributed by atoms with van der Waals surface area (Å²) in [7, 11) is 0. The van der Waals surface area contributed by atoms with Crippen molar-refractivity contribution < 1.29 is 23.8 Å². The Hall–Kier alpha value is -2.93. The summed E-state index contributed by atoms with van der Waals surface area (Å²) in [5.41, 5.74) is 1.36. The predicted octanol–water partition coefficient (Wildman–Crippen LogP) is 2.62. The van der Waals surface area contributed by atoms with Gasteiger partial charge in [-0.3, -0.25) is 4.79 Å². The normalized spacial score (nSPS) is 15.8. The van der Waals surface area contributed by atoms with E-state index in [0.29, 0.717) is 61.5 Å². The number of ether oxygens (including phenoxy) is 3. The molecular formula is C21H21ClN2O5. The van der Waals surface area contributed by atoms with Crippen molar-refractivity contribution in [2.45, 2.75) is 0 Å². The van der Waals surface area contributed by atoms with Crippen LogP contribution in [0.15, 0.2) is 42.5 Å². The zero-order valence-electron chi connectivity index (χ0n) is 15.8. The third-order valence-electron chi connectivity index (χ3n) is 4.91. The van der Waals surface area contributed by atoms with E-state index in [1.54, 1.807) is 23.1 Å². The molecule has 0 N–H and O–H groups in total. The van der Waals surface area contributed by atoms with E-state index in [2.05, 4.69) is 4.90 Å². The maximum atomic E-state index is 12.4. The largest absolute Gasteiger partial charge is 0.486 e. The number of hydrogen-bond acceptors (Lipinski definition) is 6. The first-order valence-corrected chi connectivity index (χ1v) is 9.83. The first-order valence-electron chi connectivity index (χ1n) is 9.45. The van der Waals surface area contributed by atoms with E-state index < -0.39 is 5.97 Å². The number of amides is 1. The zero-order valence-corrected chi connectivity index (χ0v) is 16.6. The van der Waals surface area contributed by atoms with Crippen LogP contribution in [0.2, 0.25) is 5.02 Å². The number of fused-ring (bicyclic) bond motifs is 1. The monoisotopic (exact) mass is 416 g/mol. The molecule has 152 valence electrons. The van der Waals surface area contributed by atoms with Crippen LogP contribution in [0, 0.1) is 0 Å². The van der Waals surface area contributed by atoms with Crippen molar-refractivity contribution in [3.05, 3.63) is 53.1 Å². The van der Waals surface area contributed by atoms with Crippen molar-refractivity contribution in [1.82, 2.24) is 4.90 Å². The Morgan fingerprint density at radius 3 is 2.48 bits per heavy atom. The highest BCUT2D eigenvalue weighted by Gasteiger charge is 2.23. The molecule has 0 bridgehead atoms. The van der Waals surface area contributed by atoms with Gasteiger partial charge in [-0.15, -0.1) is 0 Å². The van der Waals surface area contributed by atoms with Crippen molar-refractivity contribution in [2.75, 3.05) is 50.9 Å². The van der Waals surface area contributed by atoms with Gasteiger partial charge in [0.15, 0.2) is 18.1 Å². The highest BCUT2D eigenvalue weighted by atomic mass is 35.5. The van der Waals surface area contributed by atoms with Gasteiger partial charge in [0.1, 0.15) is 13.2 Å². The summed E-state index contributed by atoms with van der Waals surface area (Å²) < 4.78 is 16.1. The Labute approximate surface area is 173 Å². The standard InChI is InChI=1S/C21H21ClN2O5/c22-16-2-1-3-17(13-16)23-6-8-24(9-7-23)20(25)14-29-21(26)15-4-5-18-19(12-15)28-11-10-27-18/h1-5,12-13H,6-11,14H2. The lowest BCUT2D eigenvalue weighted by Crippen LogP contribution is -2.49. The van der Waals surface area contributed by atoms with Gasteiger partial charge < -0.3 is 24.0 Å². The van der Waals surface area contributed by atoms with Crippen LogP contribution in [-0.4, -0.2) is 62.8 Å². The molecular weight excluding hydrogens is 396 g/mol. The van der Waals surface area contributed by atoms with Crippen LogP contribution in [0.25, 0.3) is 0 Å². The van der Waals surface area contributed by atoms with E-state index >= 15 is 0 Å². The number of rotatable bonds is 4. The second kappa shape index (κ2) is 8.61. The Bertz CT molecular complexity index is 912. The molecule has 1 saturated heterocycles. The molecule has 0 aliphatic carbocycles. The van der Waals surface area contributed by atoms with Crippen molar-refractivity contribution in [3.63, 3.8) is 0 Å². The number of nitrogens with zero attached hydrogens (tertiary/aromatic N) is 2. The summed E-state index contributed by atoms with van der Waals surface area (Å²) in [6.07, 6.45) is 0. The number of halogens is 1. The summed E-state index contributed by atoms with van der Waals surface area (Å²) in [5.74, 6) is 0.338. The molecule has 2 aromatic rings. The molecule has 8 heteroatoms. The van der Waals surface area contributed by atoms with Crippen molar-refractivity contribution in [2.24, 2.45) is 0 Å². The van der Waals surface area contributed by atoms with Crippen molar-refractivity contribution in [3.8, 4) is 11.5 Å². The second-order valence-electron chi connectivity index (χ2n) is 6.78. The van der Waals surface area contributed by atoms with Gasteiger partial charge in [-0.05, 0) is 36.4 Å². The summed E-state index contributed by atoms with van der Waals surface area (Å²) in [5, 5.41) is 0.687. The van der Waals surface area contributed by atoms with Crippen LogP contribution < -0.4 is 14.4 Å². The lowest BCUT2D eigenvalue weighted by molar-refractivity contribution is -0.134. The second-order valence-corrected chi connectivity index (χ2v) is 7.22. The third-order valence-corrected chi connectivity index (χ3v) is 5.15. The minimum absolute atomic E-state index is 0.207. The third kappa shape index (κ3) is 4.56. The average molecular weight is 417 g/mol. The first kappa shape index (κ1) is 19.4. The molecule has 0 aromatic heterocycles. The molecule has 0 saturated carbocycles. The number of carbonyl (C=O) groups excluding carboxylic acids is 2. The number of benzene rings is 2. The molecule has 2 aliphatic rings. The Morgan fingerprint density at radius 2 is 1.72 bits per heavy atom. The SMILES string of the molecule is O=C(OCC(=O)N1CCN(c2cccc(Cl)c2)CC1)c1ccc2c(c1)OCCO2. The lowest BCUT2D eigenvalue weighted by atomic mass is 10.2. The molecule has 1 amide bonds. The molecule has 4 rings (SSSR count). The summed E-state index contributed by atoms with van der Waals surface area (Å²) in [6.45, 7) is 3.15. The van der Waals surface area contributed by atoms with E-state index in [0.717, 1.165) is 5.69 Å². The fourth-order valence-corrected chi connectivity index (χ4v) is 3.54. The predicted molar refractivity (Wildman–Crippen MR) is 108 cm³/mol. The van der Waals surface area contributed by atoms with Crippen molar-refractivity contribution >= 4 is 29.2 Å². The van der Waals surface area contributed by atoms with Gasteiger partial charge >= 0.3 is 5.97 Å². The highest BCUT2D eigenvalue weighted by molar-refractivity contribution is 6.30. The first-order chi connectivity index (χ1) is 14.1. The number of carbonyl (C=O) groups is 2. The van der Waals surface area contributed by atoms with Gasteiger partial charge in [0.2, 0.25) is 0 Å². The van der Waals surface area contributed by atoms with Gasteiger partial charge in [0, 0.05) is 36.9 Å². The molecule has 29 heavy (non-hydrogen) atoms. The number of anilines is 1. The molecule has 0 radical (unpaired) electrons. The van der Waals surface area contributed by atoms with Gasteiger partial charge in [0.25, 0.3) is 5.91 Å². The van der Waals surface area contributed by atoms with E-state index in [-0.39, 0.29) is 12.5 Å². The highest BCUT2D eigenvalue weighted by Crippen LogP contribution is 2.31. The fraction of sp³-hybridized carbons (Fsp3) is 0.333. The zero-order chi connectivity index (χ0) is 20.2. The van der Waals surface area contributed by atoms with Gasteiger partial charge in [-0.2, -0.15) is 0 Å². The van der Waals surface area contributed by atoms with E-state index in [9.17, 15) is 9.59 Å². The minimum Gasteiger partial charge on any atom is -0.486 e. The van der Waals surface area contributed by atoms with Crippen molar-refractivity contribution in [1.29, 1.82) is 0 Å². The topological polar surface area (TPSA) is 68.3 Å². The number of hydrogen-bond donors (Lipinski definition) is 0. The maximum Gasteiger partial charge on any atom is 0.338 e. The molecule has 1 fully saturated rings. The molecule has 2 aliphatic heterocycles. The van der Waals surface area contributed by atoms with Crippen LogP contribution in [0.3, 0.4) is 0 Å². The van der Waals surface area contributed by atoms with E-state index in [1.165, 1.54) is 0 Å². The fourth-order valence-electron chi connectivity index (χ4n) is 3.36. The molecule has 2 aromatic carbocycles.